The normalized spacial score (nSPS) is 37.8. The van der Waals surface area contributed by atoms with Gasteiger partial charge in [-0.15, -0.1) is 0 Å². The van der Waals surface area contributed by atoms with Crippen molar-refractivity contribution in [3.63, 3.8) is 0 Å². The Kier molecular flexibility index (Phi) is 9.87. The first-order chi connectivity index (χ1) is 16.4. The van der Waals surface area contributed by atoms with Gasteiger partial charge in [0.1, 0.15) is 12.1 Å². The molecule has 0 radical (unpaired) electrons. The minimum atomic E-state index is 0.0295. The smallest absolute Gasteiger partial charge is 0.133 e. The molecule has 0 aromatic carbocycles. The van der Waals surface area contributed by atoms with Gasteiger partial charge in [0, 0.05) is 43.4 Å². The molecule has 2 heterocycles. The molecule has 0 aromatic heterocycles. The average Bonchev–Trinajstić information content (AvgIpc) is 3.26. The second kappa shape index (κ2) is 12.6. The van der Waals surface area contributed by atoms with Crippen molar-refractivity contribution in [1.29, 1.82) is 0 Å². The maximum atomic E-state index is 6.55. The van der Waals surface area contributed by atoms with E-state index >= 15 is 0 Å². The highest BCUT2D eigenvalue weighted by Crippen LogP contribution is 2.28. The quantitative estimate of drug-likeness (QED) is 0.315. The van der Waals surface area contributed by atoms with Crippen LogP contribution in [-0.2, 0) is 9.47 Å². The summed E-state index contributed by atoms with van der Waals surface area (Å²) in [4.78, 5) is 2.49. The Morgan fingerprint density at radius 2 is 1.91 bits per heavy atom. The van der Waals surface area contributed by atoms with Crippen molar-refractivity contribution in [1.82, 2.24) is 26.2 Å². The van der Waals surface area contributed by atoms with E-state index in [9.17, 15) is 0 Å². The summed E-state index contributed by atoms with van der Waals surface area (Å²) in [5, 5.41) is 15.4. The Balaban J connectivity index is 1.31. The lowest BCUT2D eigenvalue weighted by Gasteiger charge is -2.42. The molecule has 2 saturated carbocycles. The molecule has 8 heteroatoms. The van der Waals surface area contributed by atoms with Crippen molar-refractivity contribution in [3.8, 4) is 0 Å². The molecule has 4 aliphatic rings. The molecular formula is C26H49N5O2S. The summed E-state index contributed by atoms with van der Waals surface area (Å²) in [7, 11) is 0. The summed E-state index contributed by atoms with van der Waals surface area (Å²) in [6.45, 7) is 13.0. The Bertz CT molecular complexity index is 678. The zero-order valence-corrected chi connectivity index (χ0v) is 22.7. The van der Waals surface area contributed by atoms with Crippen LogP contribution in [0.3, 0.4) is 0 Å². The number of likely N-dealkylation sites (N-methyl/N-ethyl adjacent to an activating group) is 1. The van der Waals surface area contributed by atoms with Gasteiger partial charge in [-0.2, -0.15) is 12.6 Å². The predicted molar refractivity (Wildman–Crippen MR) is 142 cm³/mol. The molecule has 0 amide bonds. The van der Waals surface area contributed by atoms with E-state index in [1.807, 2.05) is 0 Å². The summed E-state index contributed by atoms with van der Waals surface area (Å²) in [6.07, 6.45) is 10.4. The van der Waals surface area contributed by atoms with Gasteiger partial charge in [-0.1, -0.05) is 19.8 Å². The van der Waals surface area contributed by atoms with E-state index in [-0.39, 0.29) is 18.5 Å². The Labute approximate surface area is 212 Å². The van der Waals surface area contributed by atoms with Crippen LogP contribution in [0.2, 0.25) is 0 Å². The first kappa shape index (κ1) is 26.6. The molecule has 196 valence electrons. The highest BCUT2D eigenvalue weighted by atomic mass is 32.1. The van der Waals surface area contributed by atoms with Crippen molar-refractivity contribution in [2.45, 2.75) is 127 Å². The van der Waals surface area contributed by atoms with Gasteiger partial charge in [0.05, 0.1) is 24.4 Å². The van der Waals surface area contributed by atoms with Crippen molar-refractivity contribution in [3.05, 3.63) is 11.4 Å². The van der Waals surface area contributed by atoms with E-state index in [0.717, 1.165) is 45.3 Å². The van der Waals surface area contributed by atoms with E-state index in [2.05, 4.69) is 53.9 Å². The number of rotatable bonds is 9. The van der Waals surface area contributed by atoms with Crippen LogP contribution in [0.15, 0.2) is 11.4 Å². The number of ether oxygens (including phenoxy) is 2. The monoisotopic (exact) mass is 495 g/mol. The molecule has 7 atom stereocenters. The number of likely N-dealkylation sites (tertiary alicyclic amines) is 1. The van der Waals surface area contributed by atoms with E-state index < -0.39 is 0 Å². The van der Waals surface area contributed by atoms with Crippen LogP contribution in [0.5, 0.6) is 0 Å². The van der Waals surface area contributed by atoms with Crippen LogP contribution in [0.25, 0.3) is 0 Å². The number of thiol groups is 1. The van der Waals surface area contributed by atoms with Gasteiger partial charge in [0.25, 0.3) is 0 Å². The van der Waals surface area contributed by atoms with Crippen LogP contribution in [-0.4, -0.2) is 79.1 Å². The average molecular weight is 496 g/mol. The van der Waals surface area contributed by atoms with Crippen LogP contribution in [0, 0.1) is 0 Å². The topological polar surface area (TPSA) is 69.8 Å². The molecule has 0 bridgehead atoms. The zero-order chi connectivity index (χ0) is 24.1. The van der Waals surface area contributed by atoms with E-state index in [1.165, 1.54) is 43.6 Å². The molecule has 0 aromatic rings. The van der Waals surface area contributed by atoms with Gasteiger partial charge in [-0.25, -0.2) is 0 Å². The summed E-state index contributed by atoms with van der Waals surface area (Å²) >= 11 is 4.84. The first-order valence-electron chi connectivity index (χ1n) is 13.8. The van der Waals surface area contributed by atoms with Crippen LogP contribution >= 0.6 is 12.6 Å². The number of nitrogens with one attached hydrogen (secondary N) is 4. The second-order valence-electron chi connectivity index (χ2n) is 11.1. The fourth-order valence-corrected chi connectivity index (χ4v) is 6.39. The van der Waals surface area contributed by atoms with Gasteiger partial charge in [-0.05, 0) is 65.0 Å². The lowest BCUT2D eigenvalue weighted by Crippen LogP contribution is -2.64. The van der Waals surface area contributed by atoms with Gasteiger partial charge < -0.3 is 25.0 Å². The fourth-order valence-electron chi connectivity index (χ4n) is 5.98. The highest BCUT2D eigenvalue weighted by molar-refractivity contribution is 7.81. The minimum Gasteiger partial charge on any atom is -0.374 e. The van der Waals surface area contributed by atoms with Gasteiger partial charge >= 0.3 is 0 Å². The van der Waals surface area contributed by atoms with Crippen molar-refractivity contribution in [2.24, 2.45) is 0 Å². The largest absolute Gasteiger partial charge is 0.374 e. The first-order valence-corrected chi connectivity index (χ1v) is 14.4. The highest BCUT2D eigenvalue weighted by Gasteiger charge is 2.36. The molecule has 7 nitrogen and oxygen atoms in total. The fraction of sp³-hybridized carbons (Fsp3) is 0.923. The number of hydrogen-bond acceptors (Lipinski definition) is 8. The lowest BCUT2D eigenvalue weighted by molar-refractivity contribution is -0.0975. The lowest BCUT2D eigenvalue weighted by atomic mass is 9.89. The molecule has 0 spiro atoms. The molecule has 2 aliphatic carbocycles. The molecular weight excluding hydrogens is 446 g/mol. The number of hydrogen-bond donors (Lipinski definition) is 5. The maximum absolute atomic E-state index is 6.55. The third-order valence-electron chi connectivity index (χ3n) is 7.98. The van der Waals surface area contributed by atoms with Gasteiger partial charge in [-0.3, -0.25) is 10.6 Å². The summed E-state index contributed by atoms with van der Waals surface area (Å²) in [6, 6.07) is 0.743. The van der Waals surface area contributed by atoms with E-state index in [0.29, 0.717) is 29.5 Å². The molecule has 4 rings (SSSR count). The summed E-state index contributed by atoms with van der Waals surface area (Å²) < 4.78 is 13.0. The summed E-state index contributed by atoms with van der Waals surface area (Å²) in [5.41, 5.74) is 1.33. The third kappa shape index (κ3) is 7.26. The van der Waals surface area contributed by atoms with Gasteiger partial charge in [0.15, 0.2) is 0 Å². The molecule has 3 fully saturated rings. The van der Waals surface area contributed by atoms with E-state index in [1.54, 1.807) is 0 Å². The predicted octanol–water partition coefficient (Wildman–Crippen LogP) is 2.94. The molecule has 34 heavy (non-hydrogen) atoms. The van der Waals surface area contributed by atoms with Crippen LogP contribution in [0.4, 0.5) is 0 Å². The number of nitrogens with zero attached hydrogens (tertiary/aromatic N) is 1. The molecule has 7 unspecified atom stereocenters. The summed E-state index contributed by atoms with van der Waals surface area (Å²) in [5.74, 6) is 1.17. The Morgan fingerprint density at radius 3 is 2.65 bits per heavy atom. The molecule has 2 aliphatic heterocycles. The third-order valence-corrected chi connectivity index (χ3v) is 8.60. The van der Waals surface area contributed by atoms with Gasteiger partial charge in [0.2, 0.25) is 0 Å². The van der Waals surface area contributed by atoms with E-state index in [4.69, 9.17) is 22.1 Å². The maximum Gasteiger partial charge on any atom is 0.133 e. The van der Waals surface area contributed by atoms with Crippen molar-refractivity contribution in [2.75, 3.05) is 26.2 Å². The standard InChI is InChI=1S/C26H49N5O2S/c1-5-31-13-12-20(16-31)33-19-10-11-21(23(14-19)32-17(2)3)29-26-27-15-18(4)25(30-26)28-22-8-6-7-9-24(22)34/h17,19-24,26-30,34H,5-16H2,1-4H3. The molecule has 1 saturated heterocycles. The van der Waals surface area contributed by atoms with Crippen molar-refractivity contribution < 1.29 is 9.47 Å². The minimum absolute atomic E-state index is 0.0295. The molecule has 4 N–H and O–H groups in total. The second-order valence-corrected chi connectivity index (χ2v) is 11.8. The Hall–Kier alpha value is -0.510. The zero-order valence-electron chi connectivity index (χ0n) is 21.8. The SMILES string of the molecule is CCN1CCC(OC2CCC(NC3NCC(C)=C(NC4CCCCC4S)N3)C(OC(C)C)C2)C1. The van der Waals surface area contributed by atoms with Crippen molar-refractivity contribution >= 4 is 12.6 Å². The Morgan fingerprint density at radius 1 is 1.09 bits per heavy atom. The van der Waals surface area contributed by atoms with Crippen LogP contribution < -0.4 is 21.3 Å². The van der Waals surface area contributed by atoms with Crippen LogP contribution in [0.1, 0.15) is 79.1 Å².